The quantitative estimate of drug-likeness (QED) is 0.854. The summed E-state index contributed by atoms with van der Waals surface area (Å²) in [5, 5.41) is 10.8. The summed E-state index contributed by atoms with van der Waals surface area (Å²) in [5.74, 6) is 0.728. The second-order valence-corrected chi connectivity index (χ2v) is 6.82. The average molecular weight is 258 g/mol. The van der Waals surface area contributed by atoms with Gasteiger partial charge in [-0.25, -0.2) is 0 Å². The molecule has 1 saturated carbocycles. The van der Waals surface area contributed by atoms with Crippen LogP contribution >= 0.6 is 0 Å². The standard InChI is InChI=1S/C18H26O/c1-18(19,13-14-6-2-3-7-14)17-11-10-15-8-4-5-9-16(15)12-17/h10-12,14,19H,2-9,13H2,1H3. The Bertz CT molecular complexity index is 441. The van der Waals surface area contributed by atoms with Crippen molar-refractivity contribution in [3.8, 4) is 0 Å². The second-order valence-electron chi connectivity index (χ2n) is 6.82. The van der Waals surface area contributed by atoms with E-state index in [1.165, 1.54) is 62.5 Å². The molecule has 1 fully saturated rings. The molecular weight excluding hydrogens is 232 g/mol. The molecule has 0 bridgehead atoms. The van der Waals surface area contributed by atoms with E-state index < -0.39 is 5.60 Å². The third-order valence-electron chi connectivity index (χ3n) is 5.13. The Kier molecular flexibility index (Phi) is 3.66. The second kappa shape index (κ2) is 5.28. The fourth-order valence-corrected chi connectivity index (χ4v) is 3.96. The maximum atomic E-state index is 10.8. The molecule has 1 aromatic rings. The lowest BCUT2D eigenvalue weighted by molar-refractivity contribution is 0.0307. The van der Waals surface area contributed by atoms with Crippen LogP contribution in [0, 0.1) is 5.92 Å². The molecule has 3 rings (SSSR count). The van der Waals surface area contributed by atoms with E-state index in [0.717, 1.165) is 17.9 Å². The lowest BCUT2D eigenvalue weighted by atomic mass is 9.82. The van der Waals surface area contributed by atoms with Crippen molar-refractivity contribution < 1.29 is 5.11 Å². The van der Waals surface area contributed by atoms with Crippen LogP contribution in [0.3, 0.4) is 0 Å². The van der Waals surface area contributed by atoms with Crippen LogP contribution in [0.2, 0.25) is 0 Å². The summed E-state index contributed by atoms with van der Waals surface area (Å²) < 4.78 is 0. The molecule has 2 aliphatic rings. The summed E-state index contributed by atoms with van der Waals surface area (Å²) in [4.78, 5) is 0. The molecule has 0 aromatic heterocycles. The van der Waals surface area contributed by atoms with Gasteiger partial charge in [0.2, 0.25) is 0 Å². The van der Waals surface area contributed by atoms with E-state index in [4.69, 9.17) is 0 Å². The first-order valence-corrected chi connectivity index (χ1v) is 8.00. The molecule has 1 nitrogen and oxygen atoms in total. The summed E-state index contributed by atoms with van der Waals surface area (Å²) in [6.45, 7) is 2.01. The summed E-state index contributed by atoms with van der Waals surface area (Å²) in [7, 11) is 0. The van der Waals surface area contributed by atoms with Gasteiger partial charge < -0.3 is 5.11 Å². The molecule has 1 N–H and O–H groups in total. The van der Waals surface area contributed by atoms with Crippen molar-refractivity contribution in [3.05, 3.63) is 34.9 Å². The van der Waals surface area contributed by atoms with Crippen molar-refractivity contribution in [2.24, 2.45) is 5.92 Å². The van der Waals surface area contributed by atoms with Gasteiger partial charge in [-0.15, -0.1) is 0 Å². The van der Waals surface area contributed by atoms with Crippen LogP contribution in [-0.2, 0) is 18.4 Å². The van der Waals surface area contributed by atoms with E-state index in [9.17, 15) is 5.11 Å². The van der Waals surface area contributed by atoms with Gasteiger partial charge in [0, 0.05) is 0 Å². The summed E-state index contributed by atoms with van der Waals surface area (Å²) >= 11 is 0. The third kappa shape index (κ3) is 2.86. The summed E-state index contributed by atoms with van der Waals surface area (Å²) in [6.07, 6.45) is 11.3. The van der Waals surface area contributed by atoms with Crippen LogP contribution in [0.25, 0.3) is 0 Å². The number of hydrogen-bond acceptors (Lipinski definition) is 1. The van der Waals surface area contributed by atoms with E-state index in [1.807, 2.05) is 6.92 Å². The van der Waals surface area contributed by atoms with E-state index in [-0.39, 0.29) is 0 Å². The Labute approximate surface area is 117 Å². The van der Waals surface area contributed by atoms with E-state index in [2.05, 4.69) is 18.2 Å². The smallest absolute Gasteiger partial charge is 0.0871 e. The molecule has 0 saturated heterocycles. The zero-order valence-electron chi connectivity index (χ0n) is 12.1. The van der Waals surface area contributed by atoms with Crippen LogP contribution in [-0.4, -0.2) is 5.11 Å². The number of aryl methyl sites for hydroxylation is 2. The summed E-state index contributed by atoms with van der Waals surface area (Å²) in [5.41, 5.74) is 3.49. The third-order valence-corrected chi connectivity index (χ3v) is 5.13. The van der Waals surface area contributed by atoms with Gasteiger partial charge >= 0.3 is 0 Å². The molecule has 1 atom stereocenters. The lowest BCUT2D eigenvalue weighted by Gasteiger charge is -2.29. The minimum Gasteiger partial charge on any atom is -0.385 e. The number of fused-ring (bicyclic) bond motifs is 1. The molecule has 1 unspecified atom stereocenters. The molecule has 1 aromatic carbocycles. The molecule has 2 aliphatic carbocycles. The van der Waals surface area contributed by atoms with Gasteiger partial charge in [0.1, 0.15) is 0 Å². The Morgan fingerprint density at radius 2 is 1.74 bits per heavy atom. The largest absolute Gasteiger partial charge is 0.385 e. The Morgan fingerprint density at radius 3 is 2.47 bits per heavy atom. The number of hydrogen-bond donors (Lipinski definition) is 1. The molecule has 0 heterocycles. The van der Waals surface area contributed by atoms with Crippen molar-refractivity contribution in [1.82, 2.24) is 0 Å². The van der Waals surface area contributed by atoms with Gasteiger partial charge in [-0.3, -0.25) is 0 Å². The fraction of sp³-hybridized carbons (Fsp3) is 0.667. The van der Waals surface area contributed by atoms with Crippen LogP contribution in [0.5, 0.6) is 0 Å². The maximum Gasteiger partial charge on any atom is 0.0871 e. The zero-order valence-corrected chi connectivity index (χ0v) is 12.1. The van der Waals surface area contributed by atoms with Crippen molar-refractivity contribution in [2.75, 3.05) is 0 Å². The Morgan fingerprint density at radius 1 is 1.05 bits per heavy atom. The van der Waals surface area contributed by atoms with Gasteiger partial charge in [0.05, 0.1) is 5.60 Å². The maximum absolute atomic E-state index is 10.8. The average Bonchev–Trinajstić information content (AvgIpc) is 2.90. The van der Waals surface area contributed by atoms with Crippen molar-refractivity contribution in [3.63, 3.8) is 0 Å². The van der Waals surface area contributed by atoms with Crippen LogP contribution in [0.15, 0.2) is 18.2 Å². The highest BCUT2D eigenvalue weighted by Crippen LogP contribution is 2.37. The van der Waals surface area contributed by atoms with Gasteiger partial charge in [-0.2, -0.15) is 0 Å². The Balaban J connectivity index is 1.79. The SMILES string of the molecule is CC(O)(CC1CCCC1)c1ccc2c(c1)CCCC2. The zero-order chi connectivity index (χ0) is 13.3. The van der Waals surface area contributed by atoms with Crippen LogP contribution in [0.1, 0.15) is 68.6 Å². The monoisotopic (exact) mass is 258 g/mol. The van der Waals surface area contributed by atoms with Crippen molar-refractivity contribution in [1.29, 1.82) is 0 Å². The molecule has 1 heteroatoms. The predicted molar refractivity (Wildman–Crippen MR) is 79.2 cm³/mol. The first-order chi connectivity index (χ1) is 9.15. The highest BCUT2D eigenvalue weighted by atomic mass is 16.3. The lowest BCUT2D eigenvalue weighted by Crippen LogP contribution is -2.24. The predicted octanol–water partition coefficient (Wildman–Crippen LogP) is 4.35. The Hall–Kier alpha value is -0.820. The molecule has 104 valence electrons. The number of benzene rings is 1. The van der Waals surface area contributed by atoms with Gasteiger partial charge in [-0.1, -0.05) is 43.9 Å². The van der Waals surface area contributed by atoms with Gasteiger partial charge in [0.25, 0.3) is 0 Å². The minimum absolute atomic E-state index is 0.637. The fourth-order valence-electron chi connectivity index (χ4n) is 3.96. The highest BCUT2D eigenvalue weighted by molar-refractivity contribution is 5.36. The van der Waals surface area contributed by atoms with Crippen molar-refractivity contribution in [2.45, 2.75) is 70.3 Å². The molecule has 0 spiro atoms. The molecular formula is C18H26O. The topological polar surface area (TPSA) is 20.2 Å². The number of rotatable bonds is 3. The highest BCUT2D eigenvalue weighted by Gasteiger charge is 2.29. The normalized spacial score (nSPS) is 23.1. The van der Waals surface area contributed by atoms with Gasteiger partial charge in [-0.05, 0) is 61.6 Å². The van der Waals surface area contributed by atoms with Crippen molar-refractivity contribution >= 4 is 0 Å². The van der Waals surface area contributed by atoms with Crippen LogP contribution in [0.4, 0.5) is 0 Å². The first kappa shape index (κ1) is 13.2. The number of aliphatic hydroxyl groups is 1. The summed E-state index contributed by atoms with van der Waals surface area (Å²) in [6, 6.07) is 6.70. The first-order valence-electron chi connectivity index (χ1n) is 8.00. The molecule has 19 heavy (non-hydrogen) atoms. The van der Waals surface area contributed by atoms with E-state index in [1.54, 1.807) is 0 Å². The molecule has 0 amide bonds. The minimum atomic E-state index is -0.637. The van der Waals surface area contributed by atoms with E-state index >= 15 is 0 Å². The van der Waals surface area contributed by atoms with E-state index in [0.29, 0.717) is 0 Å². The van der Waals surface area contributed by atoms with Crippen LogP contribution < -0.4 is 0 Å². The molecule has 0 aliphatic heterocycles. The van der Waals surface area contributed by atoms with Gasteiger partial charge in [0.15, 0.2) is 0 Å². The molecule has 0 radical (unpaired) electrons.